The second-order valence-corrected chi connectivity index (χ2v) is 9.43. The van der Waals surface area contributed by atoms with Crippen molar-refractivity contribution in [2.45, 2.75) is 31.6 Å². The number of hydrogen-bond donors (Lipinski definition) is 1. The monoisotopic (exact) mass is 437 g/mol. The van der Waals surface area contributed by atoms with Crippen molar-refractivity contribution in [3.8, 4) is 11.1 Å². The molecule has 1 aliphatic carbocycles. The summed E-state index contributed by atoms with van der Waals surface area (Å²) in [5.41, 5.74) is 3.79. The lowest BCUT2D eigenvalue weighted by molar-refractivity contribution is -0.137. The summed E-state index contributed by atoms with van der Waals surface area (Å²) in [6, 6.07) is 19.2. The van der Waals surface area contributed by atoms with Crippen LogP contribution in [-0.4, -0.2) is 32.7 Å². The molecule has 1 saturated carbocycles. The molecule has 2 aromatic carbocycles. The van der Waals surface area contributed by atoms with Crippen LogP contribution >= 0.6 is 24.0 Å². The second-order valence-electron chi connectivity index (χ2n) is 7.76. The highest BCUT2D eigenvalue weighted by Gasteiger charge is 2.34. The van der Waals surface area contributed by atoms with Gasteiger partial charge in [-0.05, 0) is 47.8 Å². The maximum absolute atomic E-state index is 12.6. The van der Waals surface area contributed by atoms with Crippen molar-refractivity contribution in [1.29, 1.82) is 0 Å². The van der Waals surface area contributed by atoms with Crippen LogP contribution in [0.25, 0.3) is 11.1 Å². The molecule has 6 heteroatoms. The highest BCUT2D eigenvalue weighted by atomic mass is 32.2. The Kier molecular flexibility index (Phi) is 6.35. The van der Waals surface area contributed by atoms with Gasteiger partial charge in [0.1, 0.15) is 4.32 Å². The number of carboxylic acid groups (broad SMARTS) is 1. The molecule has 0 radical (unpaired) electrons. The molecule has 1 heterocycles. The van der Waals surface area contributed by atoms with Gasteiger partial charge in [0.05, 0.1) is 11.3 Å². The molecule has 0 spiro atoms. The van der Waals surface area contributed by atoms with Crippen molar-refractivity contribution in [2.24, 2.45) is 5.92 Å². The first-order chi connectivity index (χ1) is 14.5. The van der Waals surface area contributed by atoms with E-state index in [1.54, 1.807) is 0 Å². The Morgan fingerprint density at radius 2 is 1.80 bits per heavy atom. The molecule has 2 aliphatic rings. The zero-order valence-electron chi connectivity index (χ0n) is 16.5. The van der Waals surface area contributed by atoms with E-state index in [0.29, 0.717) is 21.1 Å². The Balaban J connectivity index is 1.39. The number of hydrogen-bond acceptors (Lipinski definition) is 4. The van der Waals surface area contributed by atoms with E-state index >= 15 is 0 Å². The molecule has 2 fully saturated rings. The number of carboxylic acids is 1. The first-order valence-electron chi connectivity index (χ1n) is 10.1. The Morgan fingerprint density at radius 1 is 1.10 bits per heavy atom. The van der Waals surface area contributed by atoms with Crippen LogP contribution < -0.4 is 0 Å². The molecule has 2 aromatic rings. The SMILES string of the molecule is O=C(O)CCN1C(=O)/C(=C/C2CCC(c3ccc(-c4ccccc4)cc3)C2)SC1=S. The van der Waals surface area contributed by atoms with E-state index in [1.807, 2.05) is 6.07 Å². The Hall–Kier alpha value is -2.44. The minimum Gasteiger partial charge on any atom is -0.481 e. The van der Waals surface area contributed by atoms with E-state index in [9.17, 15) is 9.59 Å². The summed E-state index contributed by atoms with van der Waals surface area (Å²) in [5.74, 6) is -0.238. The normalized spacial score (nSPS) is 22.8. The number of carbonyl (C=O) groups is 2. The second kappa shape index (κ2) is 9.14. The topological polar surface area (TPSA) is 57.6 Å². The number of thioether (sulfide) groups is 1. The van der Waals surface area contributed by atoms with Gasteiger partial charge in [-0.15, -0.1) is 0 Å². The molecule has 4 nitrogen and oxygen atoms in total. The summed E-state index contributed by atoms with van der Waals surface area (Å²) in [6.07, 6.45) is 5.13. The predicted octanol–water partition coefficient (Wildman–Crippen LogP) is 5.46. The number of amides is 1. The summed E-state index contributed by atoms with van der Waals surface area (Å²) in [5, 5.41) is 8.86. The molecule has 1 N–H and O–H groups in total. The van der Waals surface area contributed by atoms with Crippen molar-refractivity contribution in [3.63, 3.8) is 0 Å². The van der Waals surface area contributed by atoms with Crippen molar-refractivity contribution in [1.82, 2.24) is 4.90 Å². The lowest BCUT2D eigenvalue weighted by atomic mass is 9.94. The van der Waals surface area contributed by atoms with Gasteiger partial charge in [-0.3, -0.25) is 14.5 Å². The van der Waals surface area contributed by atoms with Crippen LogP contribution in [0.5, 0.6) is 0 Å². The summed E-state index contributed by atoms with van der Waals surface area (Å²) in [7, 11) is 0. The Labute approximate surface area is 186 Å². The van der Waals surface area contributed by atoms with Crippen LogP contribution in [0.3, 0.4) is 0 Å². The highest BCUT2D eigenvalue weighted by molar-refractivity contribution is 8.26. The van der Waals surface area contributed by atoms with Crippen LogP contribution in [0.2, 0.25) is 0 Å². The third-order valence-corrected chi connectivity index (χ3v) is 7.17. The standard InChI is InChI=1S/C24H23NO3S2/c26-22(27)12-13-25-23(28)21(30-24(25)29)15-16-6-7-20(14-16)19-10-8-18(9-11-19)17-4-2-1-3-5-17/h1-5,8-11,15-16,20H,6-7,12-14H2,(H,26,27)/b21-15-. The zero-order valence-corrected chi connectivity index (χ0v) is 18.1. The average Bonchev–Trinajstić information content (AvgIpc) is 3.32. The van der Waals surface area contributed by atoms with E-state index < -0.39 is 5.97 Å². The van der Waals surface area contributed by atoms with Gasteiger partial charge in [0.25, 0.3) is 5.91 Å². The van der Waals surface area contributed by atoms with Crippen molar-refractivity contribution >= 4 is 40.2 Å². The highest BCUT2D eigenvalue weighted by Crippen LogP contribution is 2.42. The first-order valence-corrected chi connectivity index (χ1v) is 11.4. The van der Waals surface area contributed by atoms with E-state index in [0.717, 1.165) is 19.3 Å². The lowest BCUT2D eigenvalue weighted by Gasteiger charge is -2.12. The fourth-order valence-electron chi connectivity index (χ4n) is 4.18. The molecule has 2 atom stereocenters. The molecule has 0 bridgehead atoms. The van der Waals surface area contributed by atoms with Gasteiger partial charge < -0.3 is 5.11 Å². The Bertz CT molecular complexity index is 985. The molecule has 30 heavy (non-hydrogen) atoms. The number of thiocarbonyl (C=S) groups is 1. The minimum atomic E-state index is -0.926. The maximum Gasteiger partial charge on any atom is 0.305 e. The summed E-state index contributed by atoms with van der Waals surface area (Å²) < 4.78 is 0.457. The largest absolute Gasteiger partial charge is 0.481 e. The van der Waals surface area contributed by atoms with Crippen LogP contribution in [0.1, 0.15) is 37.2 Å². The van der Waals surface area contributed by atoms with E-state index in [1.165, 1.54) is 33.4 Å². The molecule has 1 saturated heterocycles. The van der Waals surface area contributed by atoms with Gasteiger partial charge in [-0.25, -0.2) is 0 Å². The average molecular weight is 438 g/mol. The lowest BCUT2D eigenvalue weighted by Crippen LogP contribution is -2.30. The van der Waals surface area contributed by atoms with Gasteiger partial charge in [0.15, 0.2) is 0 Å². The van der Waals surface area contributed by atoms with Gasteiger partial charge in [0, 0.05) is 6.54 Å². The zero-order chi connectivity index (χ0) is 21.1. The third kappa shape index (κ3) is 4.65. The predicted molar refractivity (Wildman–Crippen MR) is 124 cm³/mol. The fourth-order valence-corrected chi connectivity index (χ4v) is 5.55. The fraction of sp³-hybridized carbons (Fsp3) is 0.292. The molecule has 2 unspecified atom stereocenters. The third-order valence-electron chi connectivity index (χ3n) is 5.77. The summed E-state index contributed by atoms with van der Waals surface area (Å²) in [4.78, 5) is 25.5. The number of benzene rings is 2. The van der Waals surface area contributed by atoms with Gasteiger partial charge in [0.2, 0.25) is 0 Å². The molecule has 154 valence electrons. The maximum atomic E-state index is 12.6. The van der Waals surface area contributed by atoms with E-state index in [-0.39, 0.29) is 18.9 Å². The Morgan fingerprint density at radius 3 is 2.50 bits per heavy atom. The molecule has 1 aliphatic heterocycles. The van der Waals surface area contributed by atoms with E-state index in [4.69, 9.17) is 17.3 Å². The molecular weight excluding hydrogens is 414 g/mol. The van der Waals surface area contributed by atoms with E-state index in [2.05, 4.69) is 54.6 Å². The molecule has 4 rings (SSSR count). The smallest absolute Gasteiger partial charge is 0.305 e. The number of rotatable bonds is 6. The van der Waals surface area contributed by atoms with Crippen LogP contribution in [0, 0.1) is 5.92 Å². The van der Waals surface area contributed by atoms with Gasteiger partial charge >= 0.3 is 5.97 Å². The number of allylic oxidation sites excluding steroid dienone is 1. The molecule has 0 aromatic heterocycles. The number of carbonyl (C=O) groups excluding carboxylic acids is 1. The van der Waals surface area contributed by atoms with Gasteiger partial charge in [-0.2, -0.15) is 0 Å². The summed E-state index contributed by atoms with van der Waals surface area (Å²) >= 11 is 6.57. The van der Waals surface area contributed by atoms with Crippen molar-refractivity contribution < 1.29 is 14.7 Å². The number of nitrogens with zero attached hydrogens (tertiary/aromatic N) is 1. The summed E-state index contributed by atoms with van der Waals surface area (Å²) in [6.45, 7) is 0.137. The van der Waals surface area contributed by atoms with Crippen LogP contribution in [0.15, 0.2) is 65.6 Å². The number of aliphatic carboxylic acids is 1. The minimum absolute atomic E-state index is 0.0931. The van der Waals surface area contributed by atoms with Crippen molar-refractivity contribution in [3.05, 3.63) is 71.1 Å². The quantitative estimate of drug-likeness (QED) is 0.481. The van der Waals surface area contributed by atoms with Crippen molar-refractivity contribution in [2.75, 3.05) is 6.54 Å². The first kappa shape index (κ1) is 20.8. The van der Waals surface area contributed by atoms with Crippen LogP contribution in [-0.2, 0) is 9.59 Å². The molecule has 1 amide bonds. The van der Waals surface area contributed by atoms with Crippen LogP contribution in [0.4, 0.5) is 0 Å². The molecular formula is C24H23NO3S2. The van der Waals surface area contributed by atoms with Gasteiger partial charge in [-0.1, -0.05) is 84.7 Å².